The van der Waals surface area contributed by atoms with Crippen LogP contribution in [0.5, 0.6) is 0 Å². The molecule has 4 nitrogen and oxygen atoms in total. The first-order valence-electron chi connectivity index (χ1n) is 8.60. The number of furan rings is 1. The van der Waals surface area contributed by atoms with Gasteiger partial charge in [0, 0.05) is 16.9 Å². The molecular formula is C19H25ClN2O2. The molecule has 2 aliphatic rings. The van der Waals surface area contributed by atoms with E-state index in [0.29, 0.717) is 0 Å². The van der Waals surface area contributed by atoms with Gasteiger partial charge in [0.1, 0.15) is 11.3 Å². The number of carbonyl (C=O) groups is 1. The average molecular weight is 349 g/mol. The van der Waals surface area contributed by atoms with Crippen molar-refractivity contribution >= 4 is 29.3 Å². The van der Waals surface area contributed by atoms with Crippen LogP contribution in [0.2, 0.25) is 0 Å². The molecule has 1 saturated heterocycles. The van der Waals surface area contributed by atoms with Crippen molar-refractivity contribution in [2.24, 2.45) is 11.3 Å². The summed E-state index contributed by atoms with van der Waals surface area (Å²) in [5.41, 5.74) is 2.29. The zero-order valence-electron chi connectivity index (χ0n) is 14.2. The summed E-state index contributed by atoms with van der Waals surface area (Å²) in [5, 5.41) is 7.69. The maximum Gasteiger partial charge on any atom is 0.224 e. The zero-order chi connectivity index (χ0) is 16.0. The molecule has 0 bridgehead atoms. The maximum atomic E-state index is 12.6. The third-order valence-corrected chi connectivity index (χ3v) is 5.74. The fourth-order valence-corrected chi connectivity index (χ4v) is 4.18. The van der Waals surface area contributed by atoms with E-state index < -0.39 is 0 Å². The highest BCUT2D eigenvalue weighted by Gasteiger charge is 2.57. The fraction of sp³-hybridized carbons (Fsp3) is 0.526. The molecular weight excluding hydrogens is 324 g/mol. The van der Waals surface area contributed by atoms with Gasteiger partial charge in [-0.25, -0.2) is 0 Å². The maximum absolute atomic E-state index is 12.6. The van der Waals surface area contributed by atoms with Gasteiger partial charge in [-0.1, -0.05) is 18.2 Å². The van der Waals surface area contributed by atoms with E-state index >= 15 is 0 Å². The van der Waals surface area contributed by atoms with Gasteiger partial charge in [0.2, 0.25) is 5.91 Å². The lowest BCUT2D eigenvalue weighted by Gasteiger charge is -2.23. The molecule has 5 heteroatoms. The van der Waals surface area contributed by atoms with Crippen LogP contribution >= 0.6 is 12.4 Å². The predicted octanol–water partition coefficient (Wildman–Crippen LogP) is 3.73. The summed E-state index contributed by atoms with van der Waals surface area (Å²) in [6, 6.07) is 7.95. The minimum atomic E-state index is -0.0886. The number of para-hydroxylation sites is 1. The Hall–Kier alpha value is -1.52. The summed E-state index contributed by atoms with van der Waals surface area (Å²) in [5.74, 6) is 1.26. The molecule has 24 heavy (non-hydrogen) atoms. The van der Waals surface area contributed by atoms with E-state index in [1.165, 1.54) is 0 Å². The second-order valence-electron chi connectivity index (χ2n) is 7.19. The molecule has 1 aliphatic carbocycles. The Balaban J connectivity index is 0.00000169. The molecule has 1 saturated carbocycles. The van der Waals surface area contributed by atoms with Crippen molar-refractivity contribution < 1.29 is 9.21 Å². The van der Waals surface area contributed by atoms with Crippen molar-refractivity contribution in [2.75, 3.05) is 13.1 Å². The fourth-order valence-electron chi connectivity index (χ4n) is 4.18. The Kier molecular flexibility index (Phi) is 4.63. The molecule has 2 atom stereocenters. The van der Waals surface area contributed by atoms with Crippen molar-refractivity contribution in [1.29, 1.82) is 0 Å². The summed E-state index contributed by atoms with van der Waals surface area (Å²) >= 11 is 0. The molecule has 2 heterocycles. The van der Waals surface area contributed by atoms with E-state index in [-0.39, 0.29) is 35.7 Å². The van der Waals surface area contributed by atoms with Gasteiger partial charge in [0.25, 0.3) is 0 Å². The van der Waals surface area contributed by atoms with E-state index in [4.69, 9.17) is 4.42 Å². The normalized spacial score (nSPS) is 22.8. The Morgan fingerprint density at radius 1 is 1.33 bits per heavy atom. The Morgan fingerprint density at radius 2 is 2.04 bits per heavy atom. The van der Waals surface area contributed by atoms with E-state index in [0.717, 1.165) is 54.6 Å². The number of nitrogens with one attached hydrogen (secondary N) is 2. The number of carbonyl (C=O) groups excluding carboxylic acids is 1. The lowest BCUT2D eigenvalue weighted by atomic mass is 9.91. The monoisotopic (exact) mass is 348 g/mol. The first-order chi connectivity index (χ1) is 11.1. The molecule has 0 radical (unpaired) electrons. The number of benzene rings is 1. The van der Waals surface area contributed by atoms with Gasteiger partial charge < -0.3 is 15.1 Å². The predicted molar refractivity (Wildman–Crippen MR) is 97.4 cm³/mol. The Labute approximate surface area is 148 Å². The number of fused-ring (bicyclic) bond motifs is 1. The highest BCUT2D eigenvalue weighted by atomic mass is 35.5. The van der Waals surface area contributed by atoms with Crippen molar-refractivity contribution in [3.8, 4) is 0 Å². The minimum absolute atomic E-state index is 0. The Morgan fingerprint density at radius 3 is 2.75 bits per heavy atom. The molecule has 4 rings (SSSR count). The number of hydrogen-bond donors (Lipinski definition) is 2. The van der Waals surface area contributed by atoms with E-state index in [1.807, 2.05) is 25.1 Å². The van der Waals surface area contributed by atoms with Gasteiger partial charge >= 0.3 is 0 Å². The molecule has 2 fully saturated rings. The second-order valence-corrected chi connectivity index (χ2v) is 7.19. The standard InChI is InChI=1S/C19H24N2O2.ClH/c1-12-14-5-3-4-6-16(14)23-17(12)13(2)21-18(22)15-11-19(15)7-9-20-10-8-19;/h3-6,13,15,20H,7-11H2,1-2H3,(H,21,22);1H. The topological polar surface area (TPSA) is 54.3 Å². The molecule has 1 aliphatic heterocycles. The molecule has 130 valence electrons. The number of piperidine rings is 1. The van der Waals surface area contributed by atoms with Crippen LogP contribution in [0.3, 0.4) is 0 Å². The van der Waals surface area contributed by atoms with Gasteiger partial charge in [-0.3, -0.25) is 4.79 Å². The minimum Gasteiger partial charge on any atom is -0.459 e. The number of hydrogen-bond acceptors (Lipinski definition) is 3. The van der Waals surface area contributed by atoms with Gasteiger partial charge in [-0.15, -0.1) is 12.4 Å². The third-order valence-electron chi connectivity index (χ3n) is 5.74. The first-order valence-corrected chi connectivity index (χ1v) is 8.60. The second kappa shape index (κ2) is 6.41. The van der Waals surface area contributed by atoms with Crippen LogP contribution in [0.15, 0.2) is 28.7 Å². The van der Waals surface area contributed by atoms with Crippen LogP contribution in [-0.4, -0.2) is 19.0 Å². The molecule has 1 aromatic heterocycles. The summed E-state index contributed by atoms with van der Waals surface area (Å²) in [6.45, 7) is 6.17. The molecule has 2 unspecified atom stereocenters. The van der Waals surface area contributed by atoms with E-state index in [9.17, 15) is 4.79 Å². The van der Waals surface area contributed by atoms with Gasteiger partial charge in [-0.05, 0) is 57.7 Å². The van der Waals surface area contributed by atoms with Crippen LogP contribution in [0, 0.1) is 18.3 Å². The molecule has 1 aromatic carbocycles. The van der Waals surface area contributed by atoms with Gasteiger partial charge in [-0.2, -0.15) is 0 Å². The summed E-state index contributed by atoms with van der Waals surface area (Å²) in [7, 11) is 0. The Bertz CT molecular complexity index is 749. The SMILES string of the molecule is Cc1c(C(C)NC(=O)C2CC23CCNCC3)oc2ccccc12.Cl. The third kappa shape index (κ3) is 2.82. The smallest absolute Gasteiger partial charge is 0.224 e. The van der Waals surface area contributed by atoms with Crippen molar-refractivity contribution in [3.63, 3.8) is 0 Å². The summed E-state index contributed by atoms with van der Waals surface area (Å²) in [4.78, 5) is 12.6. The lowest BCUT2D eigenvalue weighted by Crippen LogP contribution is -2.34. The quantitative estimate of drug-likeness (QED) is 0.888. The van der Waals surface area contributed by atoms with E-state index in [2.05, 4.69) is 23.6 Å². The van der Waals surface area contributed by atoms with Crippen LogP contribution < -0.4 is 10.6 Å². The van der Waals surface area contributed by atoms with Crippen LogP contribution in [0.4, 0.5) is 0 Å². The van der Waals surface area contributed by atoms with Gasteiger partial charge in [0.05, 0.1) is 6.04 Å². The van der Waals surface area contributed by atoms with Crippen LogP contribution in [0.1, 0.15) is 43.6 Å². The number of rotatable bonds is 3. The van der Waals surface area contributed by atoms with Crippen molar-refractivity contribution in [3.05, 3.63) is 35.6 Å². The molecule has 2 N–H and O–H groups in total. The molecule has 1 amide bonds. The highest BCUT2D eigenvalue weighted by Crippen LogP contribution is 2.58. The largest absolute Gasteiger partial charge is 0.459 e. The summed E-state index contributed by atoms with van der Waals surface area (Å²) < 4.78 is 5.97. The number of aryl methyl sites for hydroxylation is 1. The zero-order valence-corrected chi connectivity index (χ0v) is 15.0. The van der Waals surface area contributed by atoms with Crippen LogP contribution in [-0.2, 0) is 4.79 Å². The first kappa shape index (κ1) is 17.3. The number of amides is 1. The molecule has 2 aromatic rings. The lowest BCUT2D eigenvalue weighted by molar-refractivity contribution is -0.124. The average Bonchev–Trinajstić information content (AvgIpc) is 3.14. The number of halogens is 1. The summed E-state index contributed by atoms with van der Waals surface area (Å²) in [6.07, 6.45) is 3.30. The van der Waals surface area contributed by atoms with Gasteiger partial charge in [0.15, 0.2) is 0 Å². The molecule has 1 spiro atoms. The van der Waals surface area contributed by atoms with Crippen molar-refractivity contribution in [1.82, 2.24) is 10.6 Å². The van der Waals surface area contributed by atoms with E-state index in [1.54, 1.807) is 0 Å². The van der Waals surface area contributed by atoms with Crippen LogP contribution in [0.25, 0.3) is 11.0 Å². The van der Waals surface area contributed by atoms with Crippen molar-refractivity contribution in [2.45, 2.75) is 39.2 Å². The highest BCUT2D eigenvalue weighted by molar-refractivity contribution is 5.85.